The summed E-state index contributed by atoms with van der Waals surface area (Å²) in [5.74, 6) is -0.290. The summed E-state index contributed by atoms with van der Waals surface area (Å²) < 4.78 is 4.68. The van der Waals surface area contributed by atoms with E-state index in [9.17, 15) is 4.79 Å². The van der Waals surface area contributed by atoms with Crippen LogP contribution in [0.5, 0.6) is 0 Å². The molecule has 0 saturated heterocycles. The molecule has 1 aromatic heterocycles. The van der Waals surface area contributed by atoms with Gasteiger partial charge in [0, 0.05) is 6.54 Å². The summed E-state index contributed by atoms with van der Waals surface area (Å²) in [6.45, 7) is 2.67. The van der Waals surface area contributed by atoms with Crippen molar-refractivity contribution in [2.24, 2.45) is 0 Å². The lowest BCUT2D eigenvalue weighted by Gasteiger charge is -1.95. The molecule has 0 unspecified atom stereocenters. The number of hydrogen-bond donors (Lipinski definition) is 1. The third kappa shape index (κ3) is 2.30. The molecule has 1 rings (SSSR count). The van der Waals surface area contributed by atoms with Gasteiger partial charge in [-0.3, -0.25) is 0 Å². The molecule has 0 spiro atoms. The largest absolute Gasteiger partial charge is 0.465 e. The molecular weight excluding hydrogens is 200 g/mol. The summed E-state index contributed by atoms with van der Waals surface area (Å²) in [6.07, 6.45) is 0.755. The Morgan fingerprint density at radius 1 is 1.64 bits per heavy atom. The Morgan fingerprint density at radius 2 is 2.36 bits per heavy atom. The molecule has 1 heterocycles. The number of ether oxygens (including phenoxy) is 1. The molecular formula is C9H14N2O2S. The number of hydrogen-bond acceptors (Lipinski definition) is 5. The molecule has 0 bridgehead atoms. The van der Waals surface area contributed by atoms with Gasteiger partial charge in [-0.1, -0.05) is 6.92 Å². The number of methoxy groups -OCH3 is 1. The average Bonchev–Trinajstić information content (AvgIpc) is 2.60. The Balaban J connectivity index is 2.96. The first kappa shape index (κ1) is 11.1. The Morgan fingerprint density at radius 3 is 2.86 bits per heavy atom. The first-order chi connectivity index (χ1) is 6.72. The summed E-state index contributed by atoms with van der Waals surface area (Å²) in [6, 6.07) is 0. The molecule has 1 aromatic rings. The van der Waals surface area contributed by atoms with Crippen LogP contribution in [0.25, 0.3) is 0 Å². The molecule has 0 radical (unpaired) electrons. The number of aromatic nitrogens is 1. The van der Waals surface area contributed by atoms with Gasteiger partial charge >= 0.3 is 5.97 Å². The van der Waals surface area contributed by atoms with E-state index in [4.69, 9.17) is 0 Å². The smallest absolute Gasteiger partial charge is 0.349 e. The number of carbonyl (C=O) groups is 1. The van der Waals surface area contributed by atoms with E-state index in [2.05, 4.69) is 15.0 Å². The van der Waals surface area contributed by atoms with Gasteiger partial charge in [-0.15, -0.1) is 11.3 Å². The maximum absolute atomic E-state index is 11.3. The molecule has 0 aliphatic rings. The lowest BCUT2D eigenvalue weighted by molar-refractivity contribution is 0.0605. The minimum absolute atomic E-state index is 0.290. The van der Waals surface area contributed by atoms with E-state index in [-0.39, 0.29) is 5.97 Å². The predicted octanol–water partition coefficient (Wildman–Crippen LogP) is 1.21. The zero-order valence-corrected chi connectivity index (χ0v) is 9.40. The van der Waals surface area contributed by atoms with Crippen LogP contribution in [0.2, 0.25) is 0 Å². The normalized spacial score (nSPS) is 10.2. The summed E-state index contributed by atoms with van der Waals surface area (Å²) in [5.41, 5.74) is 0.826. The van der Waals surface area contributed by atoms with Crippen LogP contribution in [-0.4, -0.2) is 25.1 Å². The lowest BCUT2D eigenvalue weighted by atomic mass is 10.3. The highest BCUT2D eigenvalue weighted by atomic mass is 32.1. The monoisotopic (exact) mass is 214 g/mol. The number of aryl methyl sites for hydroxylation is 1. The predicted molar refractivity (Wildman–Crippen MR) is 55.6 cm³/mol. The van der Waals surface area contributed by atoms with Crippen molar-refractivity contribution in [3.63, 3.8) is 0 Å². The molecule has 0 amide bonds. The van der Waals surface area contributed by atoms with Gasteiger partial charge in [-0.25, -0.2) is 9.78 Å². The van der Waals surface area contributed by atoms with Crippen LogP contribution in [0.4, 0.5) is 0 Å². The molecule has 0 fully saturated rings. The number of thiazole rings is 1. The summed E-state index contributed by atoms with van der Waals surface area (Å²) in [7, 11) is 3.24. The average molecular weight is 214 g/mol. The Bertz CT molecular complexity index is 323. The van der Waals surface area contributed by atoms with Crippen molar-refractivity contribution in [2.75, 3.05) is 14.2 Å². The zero-order valence-electron chi connectivity index (χ0n) is 8.59. The Kier molecular flexibility index (Phi) is 4.03. The SMILES string of the molecule is CCc1nc(CNC)sc1C(=O)OC. The molecule has 0 atom stereocenters. The molecule has 0 saturated carbocycles. The first-order valence-corrected chi connectivity index (χ1v) is 5.26. The standard InChI is InChI=1S/C9H14N2O2S/c1-4-6-8(9(12)13-3)14-7(11-6)5-10-2/h10H,4-5H2,1-3H3. The molecule has 14 heavy (non-hydrogen) atoms. The fraction of sp³-hybridized carbons (Fsp3) is 0.556. The summed E-state index contributed by atoms with van der Waals surface area (Å²) in [4.78, 5) is 16.3. The van der Waals surface area contributed by atoms with E-state index in [1.54, 1.807) is 0 Å². The van der Waals surface area contributed by atoms with Crippen molar-refractivity contribution in [2.45, 2.75) is 19.9 Å². The van der Waals surface area contributed by atoms with Crippen molar-refractivity contribution in [3.05, 3.63) is 15.6 Å². The van der Waals surface area contributed by atoms with Gasteiger partial charge in [-0.2, -0.15) is 0 Å². The number of carbonyl (C=O) groups excluding carboxylic acids is 1. The van der Waals surface area contributed by atoms with E-state index in [0.717, 1.165) is 17.1 Å². The molecule has 1 N–H and O–H groups in total. The van der Waals surface area contributed by atoms with Gasteiger partial charge in [0.15, 0.2) is 0 Å². The molecule has 0 aliphatic heterocycles. The van der Waals surface area contributed by atoms with E-state index < -0.39 is 0 Å². The molecule has 78 valence electrons. The van der Waals surface area contributed by atoms with E-state index >= 15 is 0 Å². The van der Waals surface area contributed by atoms with Crippen molar-refractivity contribution in [1.82, 2.24) is 10.3 Å². The highest BCUT2D eigenvalue weighted by molar-refractivity contribution is 7.13. The second kappa shape index (κ2) is 5.07. The number of esters is 1. The molecule has 4 nitrogen and oxygen atoms in total. The minimum atomic E-state index is -0.290. The van der Waals surface area contributed by atoms with Gasteiger partial charge in [0.05, 0.1) is 12.8 Å². The maximum atomic E-state index is 11.3. The lowest BCUT2D eigenvalue weighted by Crippen LogP contribution is -2.04. The van der Waals surface area contributed by atoms with Crippen molar-refractivity contribution in [3.8, 4) is 0 Å². The highest BCUT2D eigenvalue weighted by Crippen LogP contribution is 2.19. The van der Waals surface area contributed by atoms with Crippen molar-refractivity contribution < 1.29 is 9.53 Å². The topological polar surface area (TPSA) is 51.2 Å². The van der Waals surface area contributed by atoms with Gasteiger partial charge in [0.2, 0.25) is 0 Å². The van der Waals surface area contributed by atoms with Crippen molar-refractivity contribution in [1.29, 1.82) is 0 Å². The zero-order chi connectivity index (χ0) is 10.6. The molecule has 0 aliphatic carbocycles. The van der Waals surface area contributed by atoms with E-state index in [1.165, 1.54) is 18.4 Å². The minimum Gasteiger partial charge on any atom is -0.465 e. The van der Waals surface area contributed by atoms with E-state index in [1.807, 2.05) is 14.0 Å². The Hall–Kier alpha value is -0.940. The number of rotatable bonds is 4. The number of nitrogens with zero attached hydrogens (tertiary/aromatic N) is 1. The molecule has 0 aromatic carbocycles. The second-order valence-electron chi connectivity index (χ2n) is 2.76. The third-order valence-electron chi connectivity index (χ3n) is 1.78. The van der Waals surface area contributed by atoms with Crippen LogP contribution in [0.1, 0.15) is 27.3 Å². The maximum Gasteiger partial charge on any atom is 0.349 e. The van der Waals surface area contributed by atoms with Crippen LogP contribution >= 0.6 is 11.3 Å². The van der Waals surface area contributed by atoms with Gasteiger partial charge in [0.1, 0.15) is 9.88 Å². The van der Waals surface area contributed by atoms with E-state index in [0.29, 0.717) is 11.4 Å². The summed E-state index contributed by atoms with van der Waals surface area (Å²) >= 11 is 1.39. The number of nitrogens with one attached hydrogen (secondary N) is 1. The van der Waals surface area contributed by atoms with Crippen LogP contribution in [-0.2, 0) is 17.7 Å². The van der Waals surface area contributed by atoms with Crippen LogP contribution < -0.4 is 5.32 Å². The highest BCUT2D eigenvalue weighted by Gasteiger charge is 2.16. The van der Waals surface area contributed by atoms with Crippen LogP contribution in [0.15, 0.2) is 0 Å². The first-order valence-electron chi connectivity index (χ1n) is 4.44. The Labute approximate surface area is 87.3 Å². The van der Waals surface area contributed by atoms with Gasteiger partial charge < -0.3 is 10.1 Å². The third-order valence-corrected chi connectivity index (χ3v) is 2.85. The quantitative estimate of drug-likeness (QED) is 0.765. The van der Waals surface area contributed by atoms with Crippen LogP contribution in [0, 0.1) is 0 Å². The fourth-order valence-electron chi connectivity index (χ4n) is 1.12. The summed E-state index contributed by atoms with van der Waals surface area (Å²) in [5, 5.41) is 3.92. The van der Waals surface area contributed by atoms with Crippen LogP contribution in [0.3, 0.4) is 0 Å². The second-order valence-corrected chi connectivity index (χ2v) is 3.84. The fourth-order valence-corrected chi connectivity index (χ4v) is 2.20. The van der Waals surface area contributed by atoms with Gasteiger partial charge in [-0.05, 0) is 13.5 Å². The molecule has 5 heteroatoms. The van der Waals surface area contributed by atoms with Crippen molar-refractivity contribution >= 4 is 17.3 Å². The van der Waals surface area contributed by atoms with Gasteiger partial charge in [0.25, 0.3) is 0 Å².